The summed E-state index contributed by atoms with van der Waals surface area (Å²) in [6.07, 6.45) is 6.46. The third-order valence-electron chi connectivity index (χ3n) is 13.4. The number of halogens is 2. The van der Waals surface area contributed by atoms with Gasteiger partial charge in [-0.25, -0.2) is 19.9 Å². The van der Waals surface area contributed by atoms with Crippen molar-refractivity contribution < 1.29 is 23.9 Å². The molecule has 0 aliphatic carbocycles. The van der Waals surface area contributed by atoms with Crippen molar-refractivity contribution in [2.24, 2.45) is 11.8 Å². The Balaban J connectivity index is 0.000000190. The molecule has 4 amide bonds. The number of aryl methyl sites for hydroxylation is 2. The number of hydrogen-bond acceptors (Lipinski definition) is 13. The van der Waals surface area contributed by atoms with E-state index in [1.54, 1.807) is 52.9 Å². The van der Waals surface area contributed by atoms with Crippen molar-refractivity contribution in [3.05, 3.63) is 82.4 Å². The molecule has 10 rings (SSSR count). The molecular weight excluding hydrogens is 1030 g/mol. The summed E-state index contributed by atoms with van der Waals surface area (Å²) in [5.74, 6) is -1.63. The maximum Gasteiger partial charge on any atom is 0.255 e. The van der Waals surface area contributed by atoms with E-state index in [1.165, 1.54) is 6.20 Å². The van der Waals surface area contributed by atoms with E-state index in [9.17, 15) is 19.2 Å². The molecule has 8 heterocycles. The largest absolute Gasteiger partial charge is 0.361 e. The zero-order valence-corrected chi connectivity index (χ0v) is 45.6. The van der Waals surface area contributed by atoms with Crippen LogP contribution in [-0.4, -0.2) is 135 Å². The maximum absolute atomic E-state index is 13.6. The molecule has 0 spiro atoms. The summed E-state index contributed by atoms with van der Waals surface area (Å²) in [4.78, 5) is 76.7. The number of benzene rings is 2. The first-order chi connectivity index (χ1) is 36.4. The second kappa shape index (κ2) is 21.8. The van der Waals surface area contributed by atoms with E-state index in [4.69, 9.17) is 53.5 Å². The first-order valence-corrected chi connectivity index (χ1v) is 29.4. The molecule has 392 valence electrons. The van der Waals surface area contributed by atoms with Crippen molar-refractivity contribution in [3.63, 3.8) is 0 Å². The van der Waals surface area contributed by atoms with Crippen molar-refractivity contribution in [2.45, 2.75) is 85.3 Å². The predicted molar refractivity (Wildman–Crippen MR) is 290 cm³/mol. The third-order valence-corrected chi connectivity index (χ3v) is 15.5. The van der Waals surface area contributed by atoms with E-state index in [-0.39, 0.29) is 41.5 Å². The highest BCUT2D eigenvalue weighted by atomic mass is 35.5. The molecule has 2 atom stereocenters. The number of carbonyl (C=O) groups excluding carboxylic acids is 4. The number of aromatic amines is 1. The summed E-state index contributed by atoms with van der Waals surface area (Å²) in [5.41, 5.74) is 6.37. The van der Waals surface area contributed by atoms with Gasteiger partial charge in [0.15, 0.2) is 11.3 Å². The average molecular weight is 1080 g/mol. The van der Waals surface area contributed by atoms with E-state index in [1.807, 2.05) is 53.5 Å². The average Bonchev–Trinajstić information content (AvgIpc) is 4.15. The van der Waals surface area contributed by atoms with E-state index in [0.717, 1.165) is 27.8 Å². The predicted octanol–water partition coefficient (Wildman–Crippen LogP) is 7.28. The Bertz CT molecular complexity index is 3650. The first-order valence-electron chi connectivity index (χ1n) is 25.0. The molecule has 2 saturated heterocycles. The fraction of sp³-hybridized carbons (Fsp3) is 0.385. The number of rotatable bonds is 15. The number of carbonyl (C=O) groups is 4. The molecule has 0 radical (unpaired) electrons. The van der Waals surface area contributed by atoms with Crippen LogP contribution < -0.4 is 10.6 Å². The van der Waals surface area contributed by atoms with Crippen LogP contribution in [0, 0.1) is 34.5 Å². The smallest absolute Gasteiger partial charge is 0.255 e. The molecule has 0 bridgehead atoms. The van der Waals surface area contributed by atoms with Gasteiger partial charge in [0.2, 0.25) is 11.8 Å². The number of H-pyrrole nitrogens is 1. The van der Waals surface area contributed by atoms with Gasteiger partial charge in [0, 0.05) is 87.2 Å². The number of nitrogens with one attached hydrogen (secondary N) is 3. The summed E-state index contributed by atoms with van der Waals surface area (Å²) in [5, 5.41) is 35.9. The van der Waals surface area contributed by atoms with Crippen molar-refractivity contribution in [3.8, 4) is 34.9 Å². The third kappa shape index (κ3) is 10.8. The van der Waals surface area contributed by atoms with Crippen LogP contribution in [0.15, 0.2) is 61.2 Å². The SMILES string of the molecule is CCn1nc(-c2cnc3[nH]cc(C(=O)N[C@H](C)C(=O)N4CC(C#N)C4)c3n2)c2ccc(Cl)cc21.CCn1nc(-c2cnc3c(n2)c(C(=O)N[C@H](C)C(=O)N2CC(C#N)C2)cn3COCC[Si](C)(C)C)c2ccc(Cl)cc21. The first kappa shape index (κ1) is 53.1. The fourth-order valence-electron chi connectivity index (χ4n) is 9.01. The Morgan fingerprint density at radius 2 is 1.26 bits per heavy atom. The van der Waals surface area contributed by atoms with Gasteiger partial charge in [-0.05, 0) is 70.1 Å². The molecule has 2 aromatic carbocycles. The summed E-state index contributed by atoms with van der Waals surface area (Å²) in [6, 6.07) is 14.9. The van der Waals surface area contributed by atoms with Gasteiger partial charge in [0.25, 0.3) is 11.8 Å². The zero-order valence-electron chi connectivity index (χ0n) is 43.1. The van der Waals surface area contributed by atoms with Gasteiger partial charge < -0.3 is 34.7 Å². The van der Waals surface area contributed by atoms with Crippen LogP contribution >= 0.6 is 23.2 Å². The van der Waals surface area contributed by atoms with Crippen molar-refractivity contribution >= 4 is 99.0 Å². The quantitative estimate of drug-likeness (QED) is 0.0674. The lowest BCUT2D eigenvalue weighted by Gasteiger charge is -2.37. The molecule has 8 aromatic rings. The Morgan fingerprint density at radius 3 is 1.76 bits per heavy atom. The highest BCUT2D eigenvalue weighted by molar-refractivity contribution is 6.76. The van der Waals surface area contributed by atoms with Gasteiger partial charge in [-0.15, -0.1) is 0 Å². The molecule has 2 aliphatic rings. The summed E-state index contributed by atoms with van der Waals surface area (Å²) >= 11 is 12.4. The van der Waals surface area contributed by atoms with Crippen LogP contribution in [0.5, 0.6) is 0 Å². The van der Waals surface area contributed by atoms with Crippen LogP contribution in [0.1, 0.15) is 48.4 Å². The molecule has 0 unspecified atom stereocenters. The van der Waals surface area contributed by atoms with Crippen molar-refractivity contribution in [1.82, 2.24) is 69.5 Å². The Labute approximate surface area is 448 Å². The molecule has 21 nitrogen and oxygen atoms in total. The van der Waals surface area contributed by atoms with Crippen LogP contribution in [0.3, 0.4) is 0 Å². The van der Waals surface area contributed by atoms with E-state index >= 15 is 0 Å². The lowest BCUT2D eigenvalue weighted by atomic mass is 10.0. The molecule has 3 N–H and O–H groups in total. The van der Waals surface area contributed by atoms with Crippen LogP contribution in [0.4, 0.5) is 0 Å². The Kier molecular flexibility index (Phi) is 15.2. The van der Waals surface area contributed by atoms with Gasteiger partial charge in [0.1, 0.15) is 52.6 Å². The number of fused-ring (bicyclic) bond motifs is 4. The monoisotopic (exact) mass is 1080 g/mol. The van der Waals surface area contributed by atoms with Crippen LogP contribution in [0.25, 0.3) is 66.9 Å². The van der Waals surface area contributed by atoms with Gasteiger partial charge in [-0.2, -0.15) is 20.7 Å². The lowest BCUT2D eigenvalue weighted by Crippen LogP contribution is -2.55. The van der Waals surface area contributed by atoms with Gasteiger partial charge >= 0.3 is 0 Å². The maximum atomic E-state index is 13.6. The number of ether oxygens (including phenoxy) is 1. The van der Waals surface area contributed by atoms with Crippen LogP contribution in [0.2, 0.25) is 35.7 Å². The molecule has 2 fully saturated rings. The standard InChI is InChI=1S/C29H35ClN8O3Si.C23H21ClN8O2/c1-6-38-24-11-20(30)7-8-21(24)25(35-38)23-13-32-27-26(34-23)22(16-37(27)17-41-9-10-42(3,4)5)28(39)33-18(2)29(40)36-14-19(12-31)15-36;1-3-32-18-6-14(24)4-5-15(18)19(30-32)17-9-27-21-20(29-17)16(8-26-21)22(33)28-12(2)23(34)31-10-13(7-25)11-31/h7-8,11,13,16,18-19H,6,9-10,14-15,17H2,1-5H3,(H,33,39);4-6,8-9,12-13H,3,10-11H2,1-2H3,(H,26,27)(H,28,33)/t18-;12-/m11/s1. The number of aromatic nitrogens is 10. The zero-order chi connectivity index (χ0) is 54.2. The number of hydrogen-bond donors (Lipinski definition) is 3. The van der Waals surface area contributed by atoms with Crippen molar-refractivity contribution in [2.75, 3.05) is 32.8 Å². The Hall–Kier alpha value is -7.76. The molecule has 76 heavy (non-hydrogen) atoms. The minimum atomic E-state index is -1.28. The highest BCUT2D eigenvalue weighted by Gasteiger charge is 2.35. The van der Waals surface area contributed by atoms with Gasteiger partial charge in [-0.1, -0.05) is 42.8 Å². The van der Waals surface area contributed by atoms with Crippen molar-refractivity contribution in [1.29, 1.82) is 10.5 Å². The summed E-state index contributed by atoms with van der Waals surface area (Å²) < 4.78 is 11.4. The fourth-order valence-corrected chi connectivity index (χ4v) is 10.1. The minimum Gasteiger partial charge on any atom is -0.361 e. The minimum absolute atomic E-state index is 0.141. The number of nitriles is 2. The molecule has 6 aromatic heterocycles. The number of nitrogens with zero attached hydrogens (tertiary/aromatic N) is 13. The topological polar surface area (TPSA) is 264 Å². The van der Waals surface area contributed by atoms with Crippen LogP contribution in [-0.2, 0) is 34.1 Å². The lowest BCUT2D eigenvalue weighted by molar-refractivity contribution is -0.138. The molecular formula is C52H56Cl2N16O5Si. The van der Waals surface area contributed by atoms with E-state index < -0.39 is 32.0 Å². The van der Waals surface area contributed by atoms with E-state index in [2.05, 4.69) is 62.5 Å². The number of amides is 4. The molecule has 24 heteroatoms. The molecule has 0 saturated carbocycles. The summed E-state index contributed by atoms with van der Waals surface area (Å²) in [6.45, 7) is 17.8. The van der Waals surface area contributed by atoms with Gasteiger partial charge in [-0.3, -0.25) is 28.5 Å². The number of likely N-dealkylation sites (tertiary alicyclic amines) is 2. The highest BCUT2D eigenvalue weighted by Crippen LogP contribution is 2.32. The second-order valence-corrected chi connectivity index (χ2v) is 26.6. The molecule has 2 aliphatic heterocycles. The van der Waals surface area contributed by atoms with Gasteiger partial charge in [0.05, 0.1) is 58.5 Å². The Morgan fingerprint density at radius 1 is 0.763 bits per heavy atom. The summed E-state index contributed by atoms with van der Waals surface area (Å²) in [7, 11) is -1.28. The normalized spacial score (nSPS) is 14.7. The second-order valence-electron chi connectivity index (χ2n) is 20.1. The van der Waals surface area contributed by atoms with E-state index in [0.29, 0.717) is 101 Å².